The fourth-order valence-electron chi connectivity index (χ4n) is 3.79. The summed E-state index contributed by atoms with van der Waals surface area (Å²) in [4.78, 5) is 12.8. The molecule has 0 bridgehead atoms. The van der Waals surface area contributed by atoms with Gasteiger partial charge in [-0.1, -0.05) is 17.7 Å². The van der Waals surface area contributed by atoms with Crippen LogP contribution >= 0.6 is 0 Å². The van der Waals surface area contributed by atoms with E-state index < -0.39 is 21.5 Å². The van der Waals surface area contributed by atoms with E-state index in [1.54, 1.807) is 0 Å². The normalized spacial score (nSPS) is 17.3. The fraction of sp³-hybridized carbons (Fsp3) is 0.435. The Morgan fingerprint density at radius 2 is 1.84 bits per heavy atom. The number of likely N-dealkylation sites (N-methyl/N-ethyl adjacent to an activating group) is 1. The molecule has 0 saturated carbocycles. The molecule has 174 valence electrons. The summed E-state index contributed by atoms with van der Waals surface area (Å²) in [6, 6.07) is 9.88. The first-order chi connectivity index (χ1) is 15.0. The number of amides is 1. The van der Waals surface area contributed by atoms with Gasteiger partial charge in [-0.25, -0.2) is 8.42 Å². The van der Waals surface area contributed by atoms with Crippen molar-refractivity contribution in [2.45, 2.75) is 43.7 Å². The summed E-state index contributed by atoms with van der Waals surface area (Å²) in [5, 5.41) is 2.98. The maximum Gasteiger partial charge on any atom is 0.243 e. The molecule has 1 heterocycles. The minimum atomic E-state index is -3.91. The topological polar surface area (TPSA) is 94.2 Å². The molecule has 0 spiro atoms. The second-order valence-electron chi connectivity index (χ2n) is 8.51. The summed E-state index contributed by atoms with van der Waals surface area (Å²) in [5.74, 6) is 1.04. The quantitative estimate of drug-likeness (QED) is 0.680. The molecule has 1 N–H and O–H groups in total. The summed E-state index contributed by atoms with van der Waals surface area (Å²) >= 11 is 0. The third kappa shape index (κ3) is 4.99. The van der Waals surface area contributed by atoms with Gasteiger partial charge in [-0.05, 0) is 39.0 Å². The number of rotatable bonds is 7. The van der Waals surface area contributed by atoms with Crippen molar-refractivity contribution in [3.63, 3.8) is 0 Å². The van der Waals surface area contributed by atoms with Crippen LogP contribution in [0.3, 0.4) is 0 Å². The summed E-state index contributed by atoms with van der Waals surface area (Å²) < 4.78 is 43.4. The Labute approximate surface area is 189 Å². The van der Waals surface area contributed by atoms with Gasteiger partial charge in [-0.15, -0.1) is 0 Å². The van der Waals surface area contributed by atoms with Crippen LogP contribution in [0.1, 0.15) is 37.4 Å². The number of carbonyl (C=O) groups is 1. The monoisotopic (exact) mass is 462 g/mol. The van der Waals surface area contributed by atoms with E-state index in [2.05, 4.69) is 5.32 Å². The molecule has 1 aliphatic heterocycles. The van der Waals surface area contributed by atoms with E-state index in [1.165, 1.54) is 39.5 Å². The standard InChI is InChI=1S/C23H30N2O6S/c1-15-7-9-19-17(11-15)18(13-23(2,3)31-19)24-22(26)14-25(4)32(27,28)16-8-10-20(29-5)21(12-16)30-6/h7-12,18H,13-14H2,1-6H3,(H,24,26). The summed E-state index contributed by atoms with van der Waals surface area (Å²) in [5.41, 5.74) is 1.49. The van der Waals surface area contributed by atoms with Crippen LogP contribution in [0.5, 0.6) is 17.2 Å². The minimum Gasteiger partial charge on any atom is -0.493 e. The van der Waals surface area contributed by atoms with Crippen LogP contribution in [0.25, 0.3) is 0 Å². The Morgan fingerprint density at radius 3 is 2.50 bits per heavy atom. The van der Waals surface area contributed by atoms with Crippen LogP contribution in [-0.4, -0.2) is 52.0 Å². The molecule has 2 aromatic rings. The van der Waals surface area contributed by atoms with Crippen molar-refractivity contribution in [1.29, 1.82) is 0 Å². The lowest BCUT2D eigenvalue weighted by Gasteiger charge is -2.38. The Morgan fingerprint density at radius 1 is 1.16 bits per heavy atom. The highest BCUT2D eigenvalue weighted by atomic mass is 32.2. The second-order valence-corrected chi connectivity index (χ2v) is 10.6. The van der Waals surface area contributed by atoms with E-state index in [0.717, 1.165) is 21.2 Å². The average Bonchev–Trinajstić information content (AvgIpc) is 2.72. The maximum atomic E-state index is 13.0. The van der Waals surface area contributed by atoms with Crippen molar-refractivity contribution < 1.29 is 27.4 Å². The Balaban J connectivity index is 1.77. The van der Waals surface area contributed by atoms with Gasteiger partial charge >= 0.3 is 0 Å². The van der Waals surface area contributed by atoms with Gasteiger partial charge in [0.05, 0.1) is 31.7 Å². The van der Waals surface area contributed by atoms with Gasteiger partial charge in [0.1, 0.15) is 11.4 Å². The number of carbonyl (C=O) groups excluding carboxylic acids is 1. The number of aryl methyl sites for hydroxylation is 1. The number of fused-ring (bicyclic) bond motifs is 1. The van der Waals surface area contributed by atoms with Crippen LogP contribution < -0.4 is 19.5 Å². The first kappa shape index (κ1) is 23.9. The van der Waals surface area contributed by atoms with E-state index in [0.29, 0.717) is 17.9 Å². The predicted molar refractivity (Wildman–Crippen MR) is 121 cm³/mol. The van der Waals surface area contributed by atoms with Crippen LogP contribution in [0.2, 0.25) is 0 Å². The highest BCUT2D eigenvalue weighted by molar-refractivity contribution is 7.89. The summed E-state index contributed by atoms with van der Waals surface area (Å²) in [7, 11) is 0.365. The Kier molecular flexibility index (Phi) is 6.71. The lowest BCUT2D eigenvalue weighted by atomic mass is 9.89. The van der Waals surface area contributed by atoms with Gasteiger partial charge in [-0.3, -0.25) is 4.79 Å². The molecule has 1 aliphatic rings. The van der Waals surface area contributed by atoms with Crippen molar-refractivity contribution in [2.75, 3.05) is 27.8 Å². The highest BCUT2D eigenvalue weighted by Gasteiger charge is 2.35. The first-order valence-corrected chi connectivity index (χ1v) is 11.7. The maximum absolute atomic E-state index is 13.0. The van der Waals surface area contributed by atoms with Crippen LogP contribution in [0.4, 0.5) is 0 Å². The molecule has 0 aliphatic carbocycles. The number of ether oxygens (including phenoxy) is 3. The van der Waals surface area contributed by atoms with Crippen molar-refractivity contribution in [1.82, 2.24) is 9.62 Å². The number of benzene rings is 2. The van der Waals surface area contributed by atoms with Crippen molar-refractivity contribution >= 4 is 15.9 Å². The van der Waals surface area contributed by atoms with Gasteiger partial charge in [0.15, 0.2) is 11.5 Å². The number of methoxy groups -OCH3 is 2. The molecule has 1 atom stereocenters. The second kappa shape index (κ2) is 8.99. The first-order valence-electron chi connectivity index (χ1n) is 10.2. The van der Waals surface area contributed by atoms with E-state index in [4.69, 9.17) is 14.2 Å². The summed E-state index contributed by atoms with van der Waals surface area (Å²) in [6.07, 6.45) is 0.571. The van der Waals surface area contributed by atoms with Crippen molar-refractivity contribution in [3.8, 4) is 17.2 Å². The molecule has 0 radical (unpaired) electrons. The van der Waals surface area contributed by atoms with E-state index in [1.807, 2.05) is 39.0 Å². The molecule has 2 aromatic carbocycles. The van der Waals surface area contributed by atoms with E-state index in [-0.39, 0.29) is 17.5 Å². The zero-order chi connectivity index (χ0) is 23.7. The zero-order valence-corrected chi connectivity index (χ0v) is 20.1. The van der Waals surface area contributed by atoms with Crippen LogP contribution in [-0.2, 0) is 14.8 Å². The summed E-state index contributed by atoms with van der Waals surface area (Å²) in [6.45, 7) is 5.57. The van der Waals surface area contributed by atoms with Gasteiger partial charge in [0.2, 0.25) is 15.9 Å². The molecule has 1 unspecified atom stereocenters. The minimum absolute atomic E-state index is 0.0126. The molecule has 0 fully saturated rings. The fourth-order valence-corrected chi connectivity index (χ4v) is 4.93. The molecule has 3 rings (SSSR count). The smallest absolute Gasteiger partial charge is 0.243 e. The van der Waals surface area contributed by atoms with E-state index >= 15 is 0 Å². The number of hydrogen-bond acceptors (Lipinski definition) is 6. The molecular formula is C23H30N2O6S. The zero-order valence-electron chi connectivity index (χ0n) is 19.3. The van der Waals surface area contributed by atoms with Gasteiger partial charge in [0.25, 0.3) is 0 Å². The number of nitrogens with zero attached hydrogens (tertiary/aromatic N) is 1. The van der Waals surface area contributed by atoms with Gasteiger partial charge < -0.3 is 19.5 Å². The lowest BCUT2D eigenvalue weighted by Crippen LogP contribution is -2.44. The molecule has 0 aromatic heterocycles. The number of nitrogens with one attached hydrogen (secondary N) is 1. The predicted octanol–water partition coefficient (Wildman–Crippen LogP) is 3.05. The molecule has 1 amide bonds. The number of sulfonamides is 1. The molecular weight excluding hydrogens is 432 g/mol. The van der Waals surface area contributed by atoms with Crippen molar-refractivity contribution in [2.24, 2.45) is 0 Å². The average molecular weight is 463 g/mol. The Bertz CT molecular complexity index is 1110. The van der Waals surface area contributed by atoms with Crippen molar-refractivity contribution in [3.05, 3.63) is 47.5 Å². The SMILES string of the molecule is COc1ccc(S(=O)(=O)N(C)CC(=O)NC2CC(C)(C)Oc3ccc(C)cc32)cc1OC. The molecule has 0 saturated heterocycles. The molecule has 32 heavy (non-hydrogen) atoms. The third-order valence-electron chi connectivity index (χ3n) is 5.39. The Hall–Kier alpha value is -2.78. The third-order valence-corrected chi connectivity index (χ3v) is 7.19. The van der Waals surface area contributed by atoms with Gasteiger partial charge in [0, 0.05) is 25.1 Å². The molecule has 8 nitrogen and oxygen atoms in total. The lowest BCUT2D eigenvalue weighted by molar-refractivity contribution is -0.122. The van der Waals surface area contributed by atoms with Crippen LogP contribution in [0.15, 0.2) is 41.3 Å². The van der Waals surface area contributed by atoms with Crippen LogP contribution in [0, 0.1) is 6.92 Å². The van der Waals surface area contributed by atoms with Gasteiger partial charge in [-0.2, -0.15) is 4.31 Å². The largest absolute Gasteiger partial charge is 0.493 e. The molecule has 9 heteroatoms. The van der Waals surface area contributed by atoms with E-state index in [9.17, 15) is 13.2 Å². The highest BCUT2D eigenvalue weighted by Crippen LogP contribution is 2.40. The number of hydrogen-bond donors (Lipinski definition) is 1.